The van der Waals surface area contributed by atoms with Crippen molar-refractivity contribution in [3.05, 3.63) is 72.8 Å². The number of rotatable bonds is 11. The fourth-order valence-corrected chi connectivity index (χ4v) is 4.08. The first kappa shape index (κ1) is 23.6. The van der Waals surface area contributed by atoms with Gasteiger partial charge >= 0.3 is 11.9 Å². The highest BCUT2D eigenvalue weighted by Crippen LogP contribution is 2.26. The van der Waals surface area contributed by atoms with Crippen LogP contribution >= 0.6 is 0 Å². The van der Waals surface area contributed by atoms with Gasteiger partial charge < -0.3 is 18.9 Å². The molecule has 2 fully saturated rings. The standard InChI is InChI=1S/C28H30O6/c1-19-17-25(33-27(19)29)5-3-15-31-23-11-7-21(8-12-23)22-9-13-24(14-10-22)32-16-4-6-26-18-20(2)28(30)34-26/h7-14,25-26H,1-6,15-18H2. The predicted molar refractivity (Wildman–Crippen MR) is 129 cm³/mol. The molecule has 0 bridgehead atoms. The lowest BCUT2D eigenvalue weighted by atomic mass is 10.1. The van der Waals surface area contributed by atoms with Gasteiger partial charge in [0.2, 0.25) is 0 Å². The van der Waals surface area contributed by atoms with Crippen LogP contribution < -0.4 is 9.47 Å². The molecule has 0 radical (unpaired) electrons. The van der Waals surface area contributed by atoms with Gasteiger partial charge in [0.15, 0.2) is 0 Å². The quantitative estimate of drug-likeness (QED) is 0.252. The summed E-state index contributed by atoms with van der Waals surface area (Å²) in [6.07, 6.45) is 4.29. The molecule has 0 aliphatic carbocycles. The number of carbonyl (C=O) groups excluding carboxylic acids is 2. The van der Waals surface area contributed by atoms with E-state index in [0.717, 1.165) is 48.3 Å². The first-order valence-electron chi connectivity index (χ1n) is 11.7. The van der Waals surface area contributed by atoms with Crippen molar-refractivity contribution < 1.29 is 28.5 Å². The maximum Gasteiger partial charge on any atom is 0.333 e. The Bertz CT molecular complexity index is 920. The second-order valence-electron chi connectivity index (χ2n) is 8.70. The Morgan fingerprint density at radius 3 is 1.38 bits per heavy atom. The van der Waals surface area contributed by atoms with E-state index >= 15 is 0 Å². The first-order chi connectivity index (χ1) is 16.5. The van der Waals surface area contributed by atoms with Gasteiger partial charge in [0.05, 0.1) is 13.2 Å². The van der Waals surface area contributed by atoms with Gasteiger partial charge in [-0.1, -0.05) is 37.4 Å². The zero-order valence-corrected chi connectivity index (χ0v) is 19.3. The van der Waals surface area contributed by atoms with Gasteiger partial charge in [0, 0.05) is 24.0 Å². The molecule has 178 valence electrons. The second kappa shape index (κ2) is 11.1. The fraction of sp³-hybridized carbons (Fsp3) is 0.357. The van der Waals surface area contributed by atoms with Gasteiger partial charge in [-0.15, -0.1) is 0 Å². The Kier molecular flexibility index (Phi) is 7.68. The predicted octanol–water partition coefficient (Wildman–Crippen LogP) is 5.42. The zero-order valence-electron chi connectivity index (χ0n) is 19.3. The lowest BCUT2D eigenvalue weighted by Crippen LogP contribution is -2.09. The Labute approximate surface area is 200 Å². The Balaban J connectivity index is 1.16. The van der Waals surface area contributed by atoms with Gasteiger partial charge in [-0.2, -0.15) is 0 Å². The molecule has 0 aromatic heterocycles. The molecule has 2 saturated heterocycles. The van der Waals surface area contributed by atoms with Crippen molar-refractivity contribution in [3.63, 3.8) is 0 Å². The largest absolute Gasteiger partial charge is 0.494 e. The monoisotopic (exact) mass is 462 g/mol. The second-order valence-corrected chi connectivity index (χ2v) is 8.70. The molecular weight excluding hydrogens is 432 g/mol. The van der Waals surface area contributed by atoms with Crippen molar-refractivity contribution in [2.75, 3.05) is 13.2 Å². The molecule has 34 heavy (non-hydrogen) atoms. The highest BCUT2D eigenvalue weighted by Gasteiger charge is 2.27. The minimum absolute atomic E-state index is 0.0645. The van der Waals surface area contributed by atoms with E-state index in [-0.39, 0.29) is 24.1 Å². The normalized spacial score (nSPS) is 19.8. The summed E-state index contributed by atoms with van der Waals surface area (Å²) in [5.74, 6) is 1.07. The van der Waals surface area contributed by atoms with Gasteiger partial charge in [-0.3, -0.25) is 0 Å². The smallest absolute Gasteiger partial charge is 0.333 e. The van der Waals surface area contributed by atoms with E-state index in [4.69, 9.17) is 18.9 Å². The summed E-state index contributed by atoms with van der Waals surface area (Å²) in [5.41, 5.74) is 3.31. The van der Waals surface area contributed by atoms with Crippen LogP contribution in [-0.2, 0) is 19.1 Å². The molecule has 2 aliphatic rings. The van der Waals surface area contributed by atoms with E-state index < -0.39 is 0 Å². The molecule has 0 spiro atoms. The van der Waals surface area contributed by atoms with E-state index in [1.807, 2.05) is 48.5 Å². The Morgan fingerprint density at radius 2 is 1.06 bits per heavy atom. The highest BCUT2D eigenvalue weighted by molar-refractivity contribution is 5.90. The third-order valence-electron chi connectivity index (χ3n) is 5.99. The maximum atomic E-state index is 11.4. The van der Waals surface area contributed by atoms with Gasteiger partial charge in [0.1, 0.15) is 23.7 Å². The van der Waals surface area contributed by atoms with Crippen LogP contribution in [0.5, 0.6) is 11.5 Å². The third kappa shape index (κ3) is 6.28. The van der Waals surface area contributed by atoms with Crippen molar-refractivity contribution >= 4 is 11.9 Å². The van der Waals surface area contributed by atoms with Gasteiger partial charge in [-0.25, -0.2) is 9.59 Å². The molecule has 2 aromatic rings. The van der Waals surface area contributed by atoms with Crippen LogP contribution in [0.4, 0.5) is 0 Å². The molecule has 2 aromatic carbocycles. The lowest BCUT2D eigenvalue weighted by Gasteiger charge is -2.11. The van der Waals surface area contributed by atoms with E-state index in [9.17, 15) is 9.59 Å². The van der Waals surface area contributed by atoms with Crippen molar-refractivity contribution in [1.29, 1.82) is 0 Å². The number of benzene rings is 2. The van der Waals surface area contributed by atoms with Crippen LogP contribution in [-0.4, -0.2) is 37.4 Å². The Hall–Kier alpha value is -3.54. The zero-order chi connectivity index (χ0) is 23.9. The van der Waals surface area contributed by atoms with Gasteiger partial charge in [-0.05, 0) is 61.1 Å². The average molecular weight is 463 g/mol. The van der Waals surface area contributed by atoms with Crippen LogP contribution in [0.25, 0.3) is 11.1 Å². The van der Waals surface area contributed by atoms with Crippen LogP contribution in [0.15, 0.2) is 72.8 Å². The molecule has 4 rings (SSSR count). The van der Waals surface area contributed by atoms with E-state index in [1.165, 1.54) is 0 Å². The molecule has 6 heteroatoms. The van der Waals surface area contributed by atoms with E-state index in [0.29, 0.717) is 37.2 Å². The van der Waals surface area contributed by atoms with E-state index in [2.05, 4.69) is 13.2 Å². The van der Waals surface area contributed by atoms with Crippen LogP contribution in [0, 0.1) is 0 Å². The van der Waals surface area contributed by atoms with Crippen LogP contribution in [0.2, 0.25) is 0 Å². The summed E-state index contributed by atoms with van der Waals surface area (Å²) in [7, 11) is 0. The average Bonchev–Trinajstić information content (AvgIpc) is 3.34. The number of carbonyl (C=O) groups is 2. The van der Waals surface area contributed by atoms with Crippen molar-refractivity contribution in [1.82, 2.24) is 0 Å². The van der Waals surface area contributed by atoms with Gasteiger partial charge in [0.25, 0.3) is 0 Å². The van der Waals surface area contributed by atoms with Crippen LogP contribution in [0.3, 0.4) is 0 Å². The van der Waals surface area contributed by atoms with Crippen molar-refractivity contribution in [2.24, 2.45) is 0 Å². The molecule has 2 heterocycles. The SMILES string of the molecule is C=C1CC(CCCOc2ccc(-c3ccc(OCCCC4CC(=C)C(=O)O4)cc3)cc2)OC1=O. The van der Waals surface area contributed by atoms with E-state index in [1.54, 1.807) is 0 Å². The summed E-state index contributed by atoms with van der Waals surface area (Å²) < 4.78 is 22.1. The summed E-state index contributed by atoms with van der Waals surface area (Å²) in [6.45, 7) is 8.56. The van der Waals surface area contributed by atoms with Crippen molar-refractivity contribution in [3.8, 4) is 22.6 Å². The molecular formula is C28H30O6. The summed E-state index contributed by atoms with van der Waals surface area (Å²) in [5, 5.41) is 0. The minimum Gasteiger partial charge on any atom is -0.494 e. The molecule has 0 saturated carbocycles. The number of cyclic esters (lactones) is 2. The number of esters is 2. The maximum absolute atomic E-state index is 11.4. The summed E-state index contributed by atoms with van der Waals surface area (Å²) >= 11 is 0. The van der Waals surface area contributed by atoms with Crippen molar-refractivity contribution in [2.45, 2.75) is 50.7 Å². The molecule has 2 aliphatic heterocycles. The molecule has 0 N–H and O–H groups in total. The molecule has 6 nitrogen and oxygen atoms in total. The van der Waals surface area contributed by atoms with Crippen LogP contribution in [0.1, 0.15) is 38.5 Å². The molecule has 0 amide bonds. The minimum atomic E-state index is -0.277. The molecule has 2 unspecified atom stereocenters. The topological polar surface area (TPSA) is 71.1 Å². The number of hydrogen-bond acceptors (Lipinski definition) is 6. The Morgan fingerprint density at radius 1 is 0.676 bits per heavy atom. The first-order valence-corrected chi connectivity index (χ1v) is 11.7. The number of hydrogen-bond donors (Lipinski definition) is 0. The summed E-state index contributed by atoms with van der Waals surface area (Å²) in [4.78, 5) is 22.7. The molecule has 2 atom stereocenters. The number of ether oxygens (including phenoxy) is 4. The third-order valence-corrected chi connectivity index (χ3v) is 5.99. The summed E-state index contributed by atoms with van der Waals surface area (Å²) in [6, 6.07) is 16.0. The fourth-order valence-electron chi connectivity index (χ4n) is 4.08. The lowest BCUT2D eigenvalue weighted by molar-refractivity contribution is -0.140. The highest BCUT2D eigenvalue weighted by atomic mass is 16.6.